The Kier molecular flexibility index (Phi) is 8.92. The van der Waals surface area contributed by atoms with E-state index < -0.39 is 10.0 Å². The quantitative estimate of drug-likeness (QED) is 0.342. The number of benzene rings is 1. The van der Waals surface area contributed by atoms with E-state index in [2.05, 4.69) is 45.5 Å². The largest absolute Gasteiger partial charge is 0.351 e. The summed E-state index contributed by atoms with van der Waals surface area (Å²) in [6.07, 6.45) is 2.24. The van der Waals surface area contributed by atoms with Gasteiger partial charge < -0.3 is 10.2 Å². The zero-order chi connectivity index (χ0) is 20.1. The Labute approximate surface area is 195 Å². The summed E-state index contributed by atoms with van der Waals surface area (Å²) in [5.41, 5.74) is 1.38. The maximum atomic E-state index is 12.2. The number of sulfonamides is 1. The fourth-order valence-electron chi connectivity index (χ4n) is 3.41. The van der Waals surface area contributed by atoms with E-state index in [0.29, 0.717) is 16.7 Å². The molecule has 1 fully saturated rings. The average molecular weight is 549 g/mol. The molecule has 1 saturated heterocycles. The van der Waals surface area contributed by atoms with Gasteiger partial charge in [-0.1, -0.05) is 30.3 Å². The summed E-state index contributed by atoms with van der Waals surface area (Å²) < 4.78 is 26.0. The zero-order valence-electron chi connectivity index (χ0n) is 17.0. The van der Waals surface area contributed by atoms with Crippen LogP contribution in [0.25, 0.3) is 0 Å². The highest BCUT2D eigenvalue weighted by Crippen LogP contribution is 2.24. The van der Waals surface area contributed by atoms with E-state index in [1.54, 1.807) is 27.2 Å². The highest BCUT2D eigenvalue weighted by molar-refractivity contribution is 14.0. The number of nitrogens with one attached hydrogen (secondary N) is 1. The summed E-state index contributed by atoms with van der Waals surface area (Å²) in [6.45, 7) is 2.54. The van der Waals surface area contributed by atoms with Gasteiger partial charge in [0.1, 0.15) is 4.21 Å². The molecule has 1 unspecified atom stereocenters. The summed E-state index contributed by atoms with van der Waals surface area (Å²) in [5.74, 6) is 1.50. The molecular weight excluding hydrogens is 519 g/mol. The van der Waals surface area contributed by atoms with E-state index in [1.807, 2.05) is 6.07 Å². The lowest BCUT2D eigenvalue weighted by molar-refractivity contribution is 0.460. The van der Waals surface area contributed by atoms with Crippen LogP contribution in [0.2, 0.25) is 0 Å². The van der Waals surface area contributed by atoms with E-state index in [4.69, 9.17) is 0 Å². The lowest BCUT2D eigenvalue weighted by Crippen LogP contribution is -2.39. The second kappa shape index (κ2) is 10.7. The molecule has 160 valence electrons. The molecule has 1 aromatic heterocycles. The number of aliphatic imine (C=N–C) groups is 1. The van der Waals surface area contributed by atoms with Crippen molar-refractivity contribution in [3.63, 3.8) is 0 Å². The van der Waals surface area contributed by atoms with Gasteiger partial charge in [-0.25, -0.2) is 12.7 Å². The van der Waals surface area contributed by atoms with Gasteiger partial charge in [-0.15, -0.1) is 35.3 Å². The van der Waals surface area contributed by atoms with E-state index in [0.717, 1.165) is 36.8 Å². The summed E-state index contributed by atoms with van der Waals surface area (Å²) in [7, 11) is 1.52. The molecule has 0 amide bonds. The van der Waals surface area contributed by atoms with E-state index >= 15 is 0 Å². The first-order valence-electron chi connectivity index (χ1n) is 9.41. The van der Waals surface area contributed by atoms with E-state index in [-0.39, 0.29) is 24.0 Å². The van der Waals surface area contributed by atoms with Crippen molar-refractivity contribution in [1.82, 2.24) is 14.5 Å². The molecular formula is C20H29IN4O2S2. The predicted molar refractivity (Wildman–Crippen MR) is 131 cm³/mol. The Hall–Kier alpha value is -1.17. The van der Waals surface area contributed by atoms with Crippen LogP contribution in [0.15, 0.2) is 51.7 Å². The lowest BCUT2D eigenvalue weighted by atomic mass is 9.99. The maximum absolute atomic E-state index is 12.2. The van der Waals surface area contributed by atoms with Gasteiger partial charge >= 0.3 is 0 Å². The van der Waals surface area contributed by atoms with Gasteiger partial charge in [-0.2, -0.15) is 0 Å². The SMILES string of the molecule is CN=C(NCc1ccc(S(=O)(=O)N(C)C)s1)N1CCC(Cc2ccccc2)C1.I. The minimum Gasteiger partial charge on any atom is -0.351 e. The molecule has 0 bridgehead atoms. The molecule has 0 aliphatic carbocycles. The highest BCUT2D eigenvalue weighted by atomic mass is 127. The third-order valence-corrected chi connectivity index (χ3v) is 8.32. The van der Waals surface area contributed by atoms with Crippen LogP contribution in [0, 0.1) is 5.92 Å². The number of nitrogens with zero attached hydrogens (tertiary/aromatic N) is 3. The molecule has 29 heavy (non-hydrogen) atoms. The number of halogens is 1. The van der Waals surface area contributed by atoms with E-state index in [9.17, 15) is 8.42 Å². The van der Waals surface area contributed by atoms with Crippen molar-refractivity contribution in [3.8, 4) is 0 Å². The molecule has 1 aliphatic rings. The van der Waals surface area contributed by atoms with Gasteiger partial charge in [0.15, 0.2) is 5.96 Å². The van der Waals surface area contributed by atoms with Crippen LogP contribution < -0.4 is 5.32 Å². The van der Waals surface area contributed by atoms with Crippen molar-refractivity contribution in [2.75, 3.05) is 34.2 Å². The van der Waals surface area contributed by atoms with Gasteiger partial charge in [0.25, 0.3) is 10.0 Å². The second-order valence-electron chi connectivity index (χ2n) is 7.20. The van der Waals surface area contributed by atoms with Crippen LogP contribution in [0.4, 0.5) is 0 Å². The first kappa shape index (κ1) is 24.1. The number of guanidine groups is 1. The molecule has 0 spiro atoms. The zero-order valence-corrected chi connectivity index (χ0v) is 21.0. The fourth-order valence-corrected chi connectivity index (χ4v) is 5.87. The van der Waals surface area contributed by atoms with Crippen LogP contribution >= 0.6 is 35.3 Å². The Morgan fingerprint density at radius 2 is 1.97 bits per heavy atom. The first-order chi connectivity index (χ1) is 13.4. The molecule has 3 rings (SSSR count). The standard InChI is InChI=1S/C20H28N4O2S2.HI/c1-21-20(22-14-18-9-10-19(27-18)28(25,26)23(2)3)24-12-11-17(15-24)13-16-7-5-4-6-8-16;/h4-10,17H,11-15H2,1-3H3,(H,21,22);1H. The van der Waals surface area contributed by atoms with Gasteiger partial charge in [0.05, 0.1) is 6.54 Å². The molecule has 2 heterocycles. The van der Waals surface area contributed by atoms with Crippen molar-refractivity contribution in [1.29, 1.82) is 0 Å². The molecule has 0 saturated carbocycles. The minimum atomic E-state index is -3.37. The first-order valence-corrected chi connectivity index (χ1v) is 11.7. The van der Waals surface area contributed by atoms with Gasteiger partial charge in [-0.3, -0.25) is 4.99 Å². The highest BCUT2D eigenvalue weighted by Gasteiger charge is 2.25. The van der Waals surface area contributed by atoms with E-state index in [1.165, 1.54) is 21.2 Å². The molecule has 0 radical (unpaired) electrons. The van der Waals surface area contributed by atoms with Crippen LogP contribution in [-0.4, -0.2) is 57.8 Å². The lowest BCUT2D eigenvalue weighted by Gasteiger charge is -2.21. The number of likely N-dealkylation sites (tertiary alicyclic amines) is 1. The fraction of sp³-hybridized carbons (Fsp3) is 0.450. The molecule has 1 atom stereocenters. The molecule has 2 aromatic rings. The topological polar surface area (TPSA) is 65.0 Å². The van der Waals surface area contributed by atoms with Crippen molar-refractivity contribution in [2.24, 2.45) is 10.9 Å². The van der Waals surface area contributed by atoms with Crippen molar-refractivity contribution in [2.45, 2.75) is 23.6 Å². The molecule has 9 heteroatoms. The summed E-state index contributed by atoms with van der Waals surface area (Å²) in [4.78, 5) is 7.68. The van der Waals surface area contributed by atoms with Gasteiger partial charge in [0.2, 0.25) is 0 Å². The van der Waals surface area contributed by atoms with Crippen LogP contribution in [0.3, 0.4) is 0 Å². The van der Waals surface area contributed by atoms with Crippen molar-refractivity contribution >= 4 is 51.3 Å². The van der Waals surface area contributed by atoms with Gasteiger partial charge in [-0.05, 0) is 36.5 Å². The molecule has 1 N–H and O–H groups in total. The Morgan fingerprint density at radius 1 is 1.24 bits per heavy atom. The van der Waals surface area contributed by atoms with Crippen LogP contribution in [0.1, 0.15) is 16.9 Å². The smallest absolute Gasteiger partial charge is 0.252 e. The van der Waals surface area contributed by atoms with Crippen molar-refractivity contribution in [3.05, 3.63) is 52.9 Å². The van der Waals surface area contributed by atoms with Crippen LogP contribution in [-0.2, 0) is 23.0 Å². The maximum Gasteiger partial charge on any atom is 0.252 e. The summed E-state index contributed by atoms with van der Waals surface area (Å²) >= 11 is 1.30. The number of thiophene rings is 1. The minimum absolute atomic E-state index is 0. The summed E-state index contributed by atoms with van der Waals surface area (Å²) in [5, 5.41) is 3.38. The molecule has 1 aromatic carbocycles. The Bertz CT molecular complexity index is 914. The number of rotatable bonds is 6. The number of hydrogen-bond acceptors (Lipinski definition) is 4. The monoisotopic (exact) mass is 548 g/mol. The Morgan fingerprint density at radius 3 is 2.62 bits per heavy atom. The number of hydrogen-bond donors (Lipinski definition) is 1. The molecule has 1 aliphatic heterocycles. The normalized spacial score (nSPS) is 17.4. The van der Waals surface area contributed by atoms with Crippen LogP contribution in [0.5, 0.6) is 0 Å². The average Bonchev–Trinajstić information content (AvgIpc) is 3.33. The van der Waals surface area contributed by atoms with Crippen molar-refractivity contribution < 1.29 is 8.42 Å². The van der Waals surface area contributed by atoms with Gasteiger partial charge in [0, 0.05) is 39.1 Å². The second-order valence-corrected chi connectivity index (χ2v) is 10.7. The third-order valence-electron chi connectivity index (χ3n) is 4.96. The Balaban J connectivity index is 0.00000300. The molecule has 6 nitrogen and oxygen atoms in total. The predicted octanol–water partition coefficient (Wildman–Crippen LogP) is 3.26. The summed E-state index contributed by atoms with van der Waals surface area (Å²) in [6, 6.07) is 14.1. The third kappa shape index (κ3) is 6.16.